The molecule has 1 aromatic heterocycles. The van der Waals surface area contributed by atoms with E-state index in [4.69, 9.17) is 5.73 Å². The van der Waals surface area contributed by atoms with E-state index in [1.807, 2.05) is 6.08 Å². The van der Waals surface area contributed by atoms with Gasteiger partial charge in [0.15, 0.2) is 0 Å². The molecule has 1 heterocycles. The number of tetrazole rings is 1. The van der Waals surface area contributed by atoms with Gasteiger partial charge in [0.2, 0.25) is 11.8 Å². The van der Waals surface area contributed by atoms with Crippen LogP contribution in [0.1, 0.15) is 19.3 Å². The first-order valence-electron chi connectivity index (χ1n) is 7.92. The molecule has 3 rings (SSSR count). The van der Waals surface area contributed by atoms with Gasteiger partial charge in [-0.2, -0.15) is 9.36 Å². The Morgan fingerprint density at radius 3 is 2.60 bits per heavy atom. The molecule has 0 aliphatic heterocycles. The van der Waals surface area contributed by atoms with Crippen molar-refractivity contribution in [3.8, 4) is 5.69 Å². The summed E-state index contributed by atoms with van der Waals surface area (Å²) in [5.41, 5.74) is 5.59. The molecule has 1 atom stereocenters. The van der Waals surface area contributed by atoms with Gasteiger partial charge in [-0.25, -0.2) is 4.79 Å². The lowest BCUT2D eigenvalue weighted by molar-refractivity contribution is -0.120. The zero-order valence-electron chi connectivity index (χ0n) is 13.5. The summed E-state index contributed by atoms with van der Waals surface area (Å²) in [6.45, 7) is -0.331. The Bertz CT molecular complexity index is 865. The second-order valence-corrected chi connectivity index (χ2v) is 5.81. The van der Waals surface area contributed by atoms with Crippen molar-refractivity contribution in [1.29, 1.82) is 0 Å². The summed E-state index contributed by atoms with van der Waals surface area (Å²) >= 11 is 0. The first-order chi connectivity index (χ1) is 12.0. The molecule has 0 saturated heterocycles. The fourth-order valence-corrected chi connectivity index (χ4v) is 2.65. The number of hydrogen-bond donors (Lipinski definition) is 2. The number of benzene rings is 1. The van der Waals surface area contributed by atoms with Crippen molar-refractivity contribution in [3.05, 3.63) is 46.9 Å². The first kappa shape index (κ1) is 16.6. The van der Waals surface area contributed by atoms with Crippen LogP contribution in [-0.2, 0) is 16.1 Å². The van der Waals surface area contributed by atoms with Crippen molar-refractivity contribution in [3.63, 3.8) is 0 Å². The number of nitrogens with one attached hydrogen (secondary N) is 1. The van der Waals surface area contributed by atoms with E-state index in [1.54, 1.807) is 24.3 Å². The summed E-state index contributed by atoms with van der Waals surface area (Å²) in [6, 6.07) is 6.65. The molecule has 1 aliphatic rings. The molecular weight excluding hydrogens is 324 g/mol. The predicted molar refractivity (Wildman–Crippen MR) is 89.9 cm³/mol. The number of anilines is 1. The predicted octanol–water partition coefficient (Wildman–Crippen LogP) is 0.209. The maximum atomic E-state index is 12.2. The summed E-state index contributed by atoms with van der Waals surface area (Å²) in [5, 5.41) is 10.2. The van der Waals surface area contributed by atoms with Gasteiger partial charge in [-0.1, -0.05) is 12.2 Å². The highest BCUT2D eigenvalue weighted by Gasteiger charge is 2.18. The first-order valence-corrected chi connectivity index (χ1v) is 7.92. The van der Waals surface area contributed by atoms with Gasteiger partial charge in [0.05, 0.1) is 5.69 Å². The summed E-state index contributed by atoms with van der Waals surface area (Å²) < 4.78 is 1.94. The minimum absolute atomic E-state index is 0.0123. The number of nitrogens with zero attached hydrogens (tertiary/aromatic N) is 4. The second-order valence-electron chi connectivity index (χ2n) is 5.81. The van der Waals surface area contributed by atoms with Crippen molar-refractivity contribution in [1.82, 2.24) is 19.8 Å². The van der Waals surface area contributed by atoms with Crippen molar-refractivity contribution < 1.29 is 9.59 Å². The largest absolute Gasteiger partial charge is 0.368 e. The van der Waals surface area contributed by atoms with E-state index in [9.17, 15) is 14.4 Å². The van der Waals surface area contributed by atoms with Gasteiger partial charge in [-0.3, -0.25) is 9.59 Å². The van der Waals surface area contributed by atoms with E-state index in [2.05, 4.69) is 21.8 Å². The average molecular weight is 342 g/mol. The SMILES string of the molecule is NC(=O)Cn1nnn(-c2ccc(NC(=O)[C@H]3CC=CCC3)cc2)c1=O. The lowest BCUT2D eigenvalue weighted by atomic mass is 9.93. The zero-order chi connectivity index (χ0) is 17.8. The Morgan fingerprint density at radius 1 is 1.20 bits per heavy atom. The number of primary amides is 1. The van der Waals surface area contributed by atoms with Crippen molar-refractivity contribution in [2.45, 2.75) is 25.8 Å². The van der Waals surface area contributed by atoms with Crippen molar-refractivity contribution in [2.24, 2.45) is 11.7 Å². The fraction of sp³-hybridized carbons (Fsp3) is 0.312. The molecule has 0 spiro atoms. The van der Waals surface area contributed by atoms with Crippen molar-refractivity contribution in [2.75, 3.05) is 5.32 Å². The molecule has 1 aromatic carbocycles. The lowest BCUT2D eigenvalue weighted by Crippen LogP contribution is -2.30. The van der Waals surface area contributed by atoms with Gasteiger partial charge in [0.1, 0.15) is 6.54 Å². The Kier molecular flexibility index (Phi) is 4.73. The minimum Gasteiger partial charge on any atom is -0.368 e. The maximum Gasteiger partial charge on any atom is 0.368 e. The van der Waals surface area contributed by atoms with Crippen molar-refractivity contribution >= 4 is 17.5 Å². The van der Waals surface area contributed by atoms with E-state index in [0.717, 1.165) is 28.6 Å². The van der Waals surface area contributed by atoms with Crippen LogP contribution in [-0.4, -0.2) is 31.6 Å². The molecule has 0 bridgehead atoms. The van der Waals surface area contributed by atoms with Crippen LogP contribution in [0.2, 0.25) is 0 Å². The molecule has 9 nitrogen and oxygen atoms in total. The molecular formula is C16H18N6O3. The maximum absolute atomic E-state index is 12.2. The third kappa shape index (κ3) is 3.82. The average Bonchev–Trinajstić information content (AvgIpc) is 2.96. The third-order valence-corrected chi connectivity index (χ3v) is 3.96. The Labute approximate surface area is 143 Å². The van der Waals surface area contributed by atoms with E-state index in [-0.39, 0.29) is 18.4 Å². The van der Waals surface area contributed by atoms with E-state index in [1.165, 1.54) is 0 Å². The minimum atomic E-state index is -0.676. The number of nitrogens with two attached hydrogens (primary N) is 1. The lowest BCUT2D eigenvalue weighted by Gasteiger charge is -2.17. The number of hydrogen-bond acceptors (Lipinski definition) is 5. The Balaban J connectivity index is 1.71. The molecule has 1 aliphatic carbocycles. The normalized spacial score (nSPS) is 16.6. The third-order valence-electron chi connectivity index (χ3n) is 3.96. The van der Waals surface area contributed by atoms with Crippen LogP contribution in [0.4, 0.5) is 5.69 Å². The van der Waals surface area contributed by atoms with Crippen LogP contribution in [0, 0.1) is 5.92 Å². The fourth-order valence-electron chi connectivity index (χ4n) is 2.65. The molecule has 2 aromatic rings. The molecule has 0 saturated carbocycles. The summed E-state index contributed by atoms with van der Waals surface area (Å²) in [5.74, 6) is -0.701. The topological polar surface area (TPSA) is 125 Å². The van der Waals surface area contributed by atoms with Crippen LogP contribution >= 0.6 is 0 Å². The Morgan fingerprint density at radius 2 is 1.96 bits per heavy atom. The van der Waals surface area contributed by atoms with Gasteiger partial charge in [0, 0.05) is 11.6 Å². The van der Waals surface area contributed by atoms with Crippen LogP contribution in [0.3, 0.4) is 0 Å². The van der Waals surface area contributed by atoms with Crippen LogP contribution in [0.25, 0.3) is 5.69 Å². The number of rotatable bonds is 5. The quantitative estimate of drug-likeness (QED) is 0.751. The number of aromatic nitrogens is 4. The van der Waals surface area contributed by atoms with Gasteiger partial charge >= 0.3 is 5.69 Å². The van der Waals surface area contributed by atoms with E-state index < -0.39 is 11.6 Å². The van der Waals surface area contributed by atoms with Gasteiger partial charge < -0.3 is 11.1 Å². The second kappa shape index (κ2) is 7.12. The summed E-state index contributed by atoms with van der Waals surface area (Å²) in [4.78, 5) is 35.2. The van der Waals surface area contributed by atoms with Crippen LogP contribution < -0.4 is 16.7 Å². The number of carbonyl (C=O) groups is 2. The van der Waals surface area contributed by atoms with Gasteiger partial charge in [-0.05, 0) is 54.0 Å². The Hall–Kier alpha value is -3.23. The molecule has 25 heavy (non-hydrogen) atoms. The summed E-state index contributed by atoms with van der Waals surface area (Å²) in [6.07, 6.45) is 6.63. The monoisotopic (exact) mass is 342 g/mol. The standard InChI is InChI=1S/C16H18N6O3/c17-14(23)10-21-16(25)22(20-19-21)13-8-6-12(7-9-13)18-15(24)11-4-2-1-3-5-11/h1-2,6-9,11H,3-5,10H2,(H2,17,23)(H,18,24)/t11-/m0/s1. The summed E-state index contributed by atoms with van der Waals surface area (Å²) in [7, 11) is 0. The molecule has 0 unspecified atom stereocenters. The number of carbonyl (C=O) groups excluding carboxylic acids is 2. The smallest absolute Gasteiger partial charge is 0.368 e. The van der Waals surface area contributed by atoms with Gasteiger partial charge in [-0.15, -0.1) is 0 Å². The molecule has 3 N–H and O–H groups in total. The van der Waals surface area contributed by atoms with Gasteiger partial charge in [0.25, 0.3) is 0 Å². The molecule has 0 radical (unpaired) electrons. The van der Waals surface area contributed by atoms with Crippen LogP contribution in [0.5, 0.6) is 0 Å². The highest BCUT2D eigenvalue weighted by atomic mass is 16.2. The highest BCUT2D eigenvalue weighted by molar-refractivity contribution is 5.92. The van der Waals surface area contributed by atoms with Crippen LogP contribution in [0.15, 0.2) is 41.2 Å². The molecule has 130 valence electrons. The zero-order valence-corrected chi connectivity index (χ0v) is 13.5. The molecule has 2 amide bonds. The van der Waals surface area contributed by atoms with E-state index in [0.29, 0.717) is 11.4 Å². The highest BCUT2D eigenvalue weighted by Crippen LogP contribution is 2.20. The van der Waals surface area contributed by atoms with E-state index >= 15 is 0 Å². The molecule has 0 fully saturated rings. The molecule has 9 heteroatoms. The number of amides is 2. The number of allylic oxidation sites excluding steroid dienone is 2.